The highest BCUT2D eigenvalue weighted by Gasteiger charge is 2.52. The first-order chi connectivity index (χ1) is 17.1. The molecule has 0 bridgehead atoms. The molecule has 13 heteroatoms. The maximum absolute atomic E-state index is 12.6. The van der Waals surface area contributed by atoms with Crippen LogP contribution in [-0.4, -0.2) is 80.4 Å². The Labute approximate surface area is 215 Å². The molecule has 0 spiro atoms. The number of benzene rings is 1. The van der Waals surface area contributed by atoms with Crippen molar-refractivity contribution < 1.29 is 47.7 Å². The lowest BCUT2D eigenvalue weighted by Gasteiger charge is -2.27. The van der Waals surface area contributed by atoms with Crippen molar-refractivity contribution in [1.82, 2.24) is 10.2 Å². The predicted molar refractivity (Wildman–Crippen MR) is 126 cm³/mol. The number of hydrogen-bond donors (Lipinski definition) is 1. The Morgan fingerprint density at radius 1 is 1.08 bits per heavy atom. The normalized spacial score (nSPS) is 16.6. The van der Waals surface area contributed by atoms with Crippen LogP contribution in [0, 0.1) is 0 Å². The summed E-state index contributed by atoms with van der Waals surface area (Å²) in [5, 5.41) is 2.31. The van der Waals surface area contributed by atoms with E-state index in [4.69, 9.17) is 23.7 Å². The van der Waals surface area contributed by atoms with Crippen LogP contribution in [0.5, 0.6) is 0 Å². The van der Waals surface area contributed by atoms with E-state index in [-0.39, 0.29) is 23.3 Å². The number of methoxy groups -OCH3 is 2. The number of halogens is 1. The summed E-state index contributed by atoms with van der Waals surface area (Å²) in [6, 6.07) is 8.23. The molecule has 1 N–H and O–H groups in total. The highest BCUT2D eigenvalue weighted by molar-refractivity contribution is 9.11. The van der Waals surface area contributed by atoms with Crippen molar-refractivity contribution in [3.63, 3.8) is 0 Å². The summed E-state index contributed by atoms with van der Waals surface area (Å²) in [5.41, 5.74) is 0.400. The van der Waals surface area contributed by atoms with E-state index in [1.807, 2.05) is 6.07 Å². The van der Waals surface area contributed by atoms with Crippen molar-refractivity contribution in [2.24, 2.45) is 0 Å². The third-order valence-corrected chi connectivity index (χ3v) is 5.62. The van der Waals surface area contributed by atoms with Gasteiger partial charge in [0, 0.05) is 27.5 Å². The van der Waals surface area contributed by atoms with Gasteiger partial charge >= 0.3 is 24.0 Å². The quantitative estimate of drug-likeness (QED) is 0.179. The number of nitrogens with zero attached hydrogens (tertiary/aromatic N) is 1. The Morgan fingerprint density at radius 3 is 2.31 bits per heavy atom. The molecule has 1 fully saturated rings. The second kappa shape index (κ2) is 13.6. The largest absolute Gasteiger partial charge is 0.464 e. The van der Waals surface area contributed by atoms with Crippen molar-refractivity contribution in [3.05, 3.63) is 46.1 Å². The first kappa shape index (κ1) is 28.8. The first-order valence-electron chi connectivity index (χ1n) is 10.7. The highest BCUT2D eigenvalue weighted by atomic mass is 79.9. The van der Waals surface area contributed by atoms with Gasteiger partial charge in [-0.1, -0.05) is 30.3 Å². The molecule has 2 amide bonds. The fourth-order valence-corrected chi connectivity index (χ4v) is 3.78. The van der Waals surface area contributed by atoms with Gasteiger partial charge in [-0.25, -0.2) is 14.4 Å². The minimum Gasteiger partial charge on any atom is -0.464 e. The van der Waals surface area contributed by atoms with Crippen molar-refractivity contribution >= 4 is 45.8 Å². The molecule has 36 heavy (non-hydrogen) atoms. The van der Waals surface area contributed by atoms with E-state index < -0.39 is 54.8 Å². The van der Waals surface area contributed by atoms with Gasteiger partial charge in [0.25, 0.3) is 0 Å². The van der Waals surface area contributed by atoms with E-state index in [0.717, 1.165) is 26.5 Å². The molecule has 1 aliphatic rings. The monoisotopic (exact) mass is 570 g/mol. The second-order valence-corrected chi connectivity index (χ2v) is 8.43. The van der Waals surface area contributed by atoms with Gasteiger partial charge in [-0.2, -0.15) is 0 Å². The number of rotatable bonds is 11. The Kier molecular flexibility index (Phi) is 10.9. The molecular weight excluding hydrogens is 544 g/mol. The summed E-state index contributed by atoms with van der Waals surface area (Å²) in [7, 11) is 2.37. The second-order valence-electron chi connectivity index (χ2n) is 7.57. The minimum absolute atomic E-state index is 0.0169. The smallest absolute Gasteiger partial charge is 0.410 e. The van der Waals surface area contributed by atoms with Crippen LogP contribution in [0.1, 0.15) is 19.4 Å². The zero-order valence-electron chi connectivity index (χ0n) is 20.1. The Bertz CT molecular complexity index is 1010. The fourth-order valence-electron chi connectivity index (χ4n) is 3.16. The summed E-state index contributed by atoms with van der Waals surface area (Å²) < 4.78 is 25.5. The van der Waals surface area contributed by atoms with Gasteiger partial charge in [0.1, 0.15) is 18.9 Å². The van der Waals surface area contributed by atoms with Gasteiger partial charge in [-0.15, -0.1) is 0 Å². The molecule has 1 heterocycles. The number of carbonyl (C=O) groups is 5. The molecule has 0 saturated carbocycles. The van der Waals surface area contributed by atoms with Gasteiger partial charge in [0.05, 0.1) is 17.6 Å². The lowest BCUT2D eigenvalue weighted by atomic mass is 10.1. The topological polar surface area (TPSA) is 147 Å². The van der Waals surface area contributed by atoms with E-state index >= 15 is 0 Å². The number of amides is 2. The Morgan fingerprint density at radius 2 is 1.75 bits per heavy atom. The van der Waals surface area contributed by atoms with Crippen LogP contribution < -0.4 is 5.32 Å². The molecule has 1 aromatic rings. The van der Waals surface area contributed by atoms with Gasteiger partial charge in [-0.05, 0) is 21.5 Å². The molecule has 1 saturated heterocycles. The van der Waals surface area contributed by atoms with E-state index in [1.54, 1.807) is 24.3 Å². The summed E-state index contributed by atoms with van der Waals surface area (Å²) in [5.74, 6) is -3.16. The highest BCUT2D eigenvalue weighted by Crippen LogP contribution is 2.33. The van der Waals surface area contributed by atoms with Crippen LogP contribution in [0.2, 0.25) is 0 Å². The van der Waals surface area contributed by atoms with Crippen molar-refractivity contribution in [2.75, 3.05) is 27.4 Å². The molecule has 2 rings (SSSR count). The van der Waals surface area contributed by atoms with Crippen LogP contribution in [0.4, 0.5) is 4.79 Å². The van der Waals surface area contributed by atoms with E-state index in [9.17, 15) is 24.0 Å². The third kappa shape index (κ3) is 8.34. The number of hydrogen-bond acceptors (Lipinski definition) is 10. The summed E-state index contributed by atoms with van der Waals surface area (Å²) in [6.07, 6.45) is -3.40. The van der Waals surface area contributed by atoms with E-state index in [1.165, 1.54) is 12.0 Å². The minimum atomic E-state index is -1.43. The molecular formula is C23H27BrN2O10. The molecule has 1 aromatic carbocycles. The van der Waals surface area contributed by atoms with Crippen LogP contribution in [0.3, 0.4) is 0 Å². The van der Waals surface area contributed by atoms with Crippen LogP contribution in [-0.2, 0) is 49.5 Å². The standard InChI is InChI=1S/C23H27BrN2O10/c1-13(27)25-19(22(30)33-4)18(24)21(35-14(2)28)20(36-17(29)12-32-3)16-10-26(16)23(31)34-11-15-8-6-5-7-9-15/h5-9,16,20-21H,10-12H2,1-4H3,(H,25,27)/b19-18+/t16-,20+,21+,26?/m0/s1. The van der Waals surface area contributed by atoms with Gasteiger partial charge in [0.2, 0.25) is 5.91 Å². The summed E-state index contributed by atoms with van der Waals surface area (Å²) >= 11 is 3.18. The lowest BCUT2D eigenvalue weighted by molar-refractivity contribution is -0.166. The third-order valence-electron chi connectivity index (χ3n) is 4.77. The number of esters is 3. The maximum Gasteiger partial charge on any atom is 0.410 e. The molecule has 1 aliphatic heterocycles. The average molecular weight is 571 g/mol. The summed E-state index contributed by atoms with van der Waals surface area (Å²) in [6.45, 7) is 1.96. The van der Waals surface area contributed by atoms with Crippen molar-refractivity contribution in [3.8, 4) is 0 Å². The molecule has 0 aromatic heterocycles. The molecule has 0 aliphatic carbocycles. The maximum atomic E-state index is 12.6. The van der Waals surface area contributed by atoms with Crippen LogP contribution in [0.15, 0.2) is 40.5 Å². The Balaban J connectivity index is 2.35. The van der Waals surface area contributed by atoms with Crippen LogP contribution >= 0.6 is 15.9 Å². The molecule has 0 unspecified atom stereocenters. The zero-order valence-corrected chi connectivity index (χ0v) is 21.7. The van der Waals surface area contributed by atoms with Crippen molar-refractivity contribution in [1.29, 1.82) is 0 Å². The molecule has 196 valence electrons. The SMILES string of the molecule is COCC(=O)O[C@@H]([C@H](OC(C)=O)/C(Br)=C(\NC(C)=O)C(=O)OC)[C@@H]1CN1C(=O)OCc1ccccc1. The predicted octanol–water partition coefficient (Wildman–Crippen LogP) is 1.41. The van der Waals surface area contributed by atoms with Gasteiger partial charge in [0.15, 0.2) is 12.2 Å². The fraction of sp³-hybridized carbons (Fsp3) is 0.435. The molecule has 3 atom stereocenters. The average Bonchev–Trinajstić information content (AvgIpc) is 3.63. The number of ether oxygens (including phenoxy) is 5. The number of nitrogens with one attached hydrogen (secondary N) is 1. The molecule has 12 nitrogen and oxygen atoms in total. The van der Waals surface area contributed by atoms with Crippen molar-refractivity contribution in [2.45, 2.75) is 38.7 Å². The number of carbonyl (C=O) groups excluding carboxylic acids is 5. The van der Waals surface area contributed by atoms with Crippen LogP contribution in [0.25, 0.3) is 0 Å². The zero-order chi connectivity index (χ0) is 26.8. The molecule has 0 radical (unpaired) electrons. The lowest BCUT2D eigenvalue weighted by Crippen LogP contribution is -2.43. The van der Waals surface area contributed by atoms with Gasteiger partial charge < -0.3 is 29.0 Å². The Hall–Kier alpha value is -3.45. The first-order valence-corrected chi connectivity index (χ1v) is 11.5. The van der Waals surface area contributed by atoms with Gasteiger partial charge in [-0.3, -0.25) is 14.5 Å². The van der Waals surface area contributed by atoms with E-state index in [2.05, 4.69) is 21.2 Å². The summed E-state index contributed by atoms with van der Waals surface area (Å²) in [4.78, 5) is 62.1. The van der Waals surface area contributed by atoms with E-state index in [0.29, 0.717) is 0 Å².